The number of unbranched alkanes of at least 4 members (excludes halogenated alkanes) is 2. The molecule has 0 aliphatic heterocycles. The molecule has 2 amide bonds. The van der Waals surface area contributed by atoms with E-state index in [9.17, 15) is 57.6 Å². The minimum absolute atomic E-state index is 0.0784. The molecule has 19 heteroatoms. The van der Waals surface area contributed by atoms with Crippen molar-refractivity contribution in [3.05, 3.63) is 29.8 Å². The summed E-state index contributed by atoms with van der Waals surface area (Å²) in [6.07, 6.45) is -0.448. The van der Waals surface area contributed by atoms with E-state index in [1.54, 1.807) is 0 Å². The molecule has 48 heavy (non-hydrogen) atoms. The van der Waals surface area contributed by atoms with Gasteiger partial charge in [-0.05, 0) is 50.7 Å². The Labute approximate surface area is 274 Å². The summed E-state index contributed by atoms with van der Waals surface area (Å²) in [5.41, 5.74) is 0.196. The van der Waals surface area contributed by atoms with Crippen LogP contribution in [0, 0.1) is 17.8 Å². The predicted octanol–water partition coefficient (Wildman–Crippen LogP) is 2.07. The number of carboxylic acid groups (broad SMARTS) is 4. The quantitative estimate of drug-likeness (QED) is 0.0413. The molecule has 0 aliphatic carbocycles. The number of ketones is 1. The number of carbonyl (C=O) groups is 7. The molecular formula is C29H41FN3O14P. The lowest BCUT2D eigenvalue weighted by molar-refractivity contribution is -0.145. The average molecular weight is 706 g/mol. The van der Waals surface area contributed by atoms with Crippen molar-refractivity contribution in [2.75, 3.05) is 19.3 Å². The summed E-state index contributed by atoms with van der Waals surface area (Å²) in [5, 5.41) is 41.6. The van der Waals surface area contributed by atoms with E-state index in [2.05, 4.69) is 15.6 Å². The highest BCUT2D eigenvalue weighted by Gasteiger charge is 2.31. The molecule has 0 saturated heterocycles. The fraction of sp³-hybridized carbons (Fsp3) is 0.586. The normalized spacial score (nSPS) is 14.1. The van der Waals surface area contributed by atoms with E-state index in [1.807, 2.05) is 0 Å². The number of Topliss-reactive ketones (excluding diaryl/α,β-unsaturated/α-hetero) is 1. The first kappa shape index (κ1) is 41.7. The molecule has 0 aliphatic rings. The molecule has 1 aromatic rings. The lowest BCUT2D eigenvalue weighted by Crippen LogP contribution is -2.41. The van der Waals surface area contributed by atoms with Gasteiger partial charge in [0.15, 0.2) is 0 Å². The Kier molecular flexibility index (Phi) is 18.8. The minimum Gasteiger partial charge on any atom is -0.481 e. The summed E-state index contributed by atoms with van der Waals surface area (Å²) in [4.78, 5) is 95.2. The number of carboxylic acids is 4. The summed E-state index contributed by atoms with van der Waals surface area (Å²) in [7, 11) is -4.46. The number of rotatable bonds is 26. The molecule has 0 bridgehead atoms. The molecule has 1 unspecified atom stereocenters. The van der Waals surface area contributed by atoms with Crippen LogP contribution in [0.5, 0.6) is 0 Å². The van der Waals surface area contributed by atoms with Crippen molar-refractivity contribution in [3.63, 3.8) is 0 Å². The summed E-state index contributed by atoms with van der Waals surface area (Å²) in [6.45, 7) is -0.169. The number of carbonyl (C=O) groups excluding carboxylic acids is 3. The van der Waals surface area contributed by atoms with Gasteiger partial charge in [0.05, 0.1) is 30.2 Å². The number of halogens is 1. The maximum absolute atomic E-state index is 12.8. The van der Waals surface area contributed by atoms with Crippen LogP contribution >= 0.6 is 7.60 Å². The zero-order valence-electron chi connectivity index (χ0n) is 26.0. The van der Waals surface area contributed by atoms with Crippen LogP contribution in [0.4, 0.5) is 4.39 Å². The number of aromatic nitrogens is 1. The van der Waals surface area contributed by atoms with Crippen LogP contribution in [-0.2, 0) is 37.9 Å². The largest absolute Gasteiger partial charge is 0.481 e. The lowest BCUT2D eigenvalue weighted by atomic mass is 9.94. The first-order valence-electron chi connectivity index (χ1n) is 15.1. The van der Waals surface area contributed by atoms with Crippen molar-refractivity contribution in [2.24, 2.45) is 11.8 Å². The van der Waals surface area contributed by atoms with E-state index in [-0.39, 0.29) is 43.5 Å². The molecule has 4 atom stereocenters. The summed E-state index contributed by atoms with van der Waals surface area (Å²) < 4.78 is 29.9. The van der Waals surface area contributed by atoms with Gasteiger partial charge in [0.2, 0.25) is 11.9 Å². The van der Waals surface area contributed by atoms with Gasteiger partial charge >= 0.3 is 31.5 Å². The van der Waals surface area contributed by atoms with E-state index >= 15 is 0 Å². The van der Waals surface area contributed by atoms with Gasteiger partial charge < -0.3 is 40.5 Å². The maximum Gasteiger partial charge on any atom is 0.328 e. The summed E-state index contributed by atoms with van der Waals surface area (Å²) in [5.74, 6) is -10.4. The lowest BCUT2D eigenvalue weighted by Gasteiger charge is -2.18. The number of aliphatic carboxylic acids is 4. The number of nitrogens with zero attached hydrogens (tertiary/aromatic N) is 1. The highest BCUT2D eigenvalue weighted by Crippen LogP contribution is 2.44. The predicted molar refractivity (Wildman–Crippen MR) is 162 cm³/mol. The SMILES string of the molecule is O=C(O)CC[C@H](CP(=O)(O)OCCC[C@H](NC(=O)CC[C@H](CC(=O)CCCCCNC(=O)c1ccc(F)nc1)C(=O)O)C(=O)O)C(=O)O. The topological polar surface area (TPSA) is 284 Å². The number of pyridine rings is 1. The van der Waals surface area contributed by atoms with Gasteiger partial charge in [-0.2, -0.15) is 4.39 Å². The third-order valence-electron chi connectivity index (χ3n) is 7.02. The fourth-order valence-corrected chi connectivity index (χ4v) is 5.79. The Morgan fingerprint density at radius 1 is 0.833 bits per heavy atom. The van der Waals surface area contributed by atoms with Gasteiger partial charge in [0.1, 0.15) is 11.8 Å². The van der Waals surface area contributed by atoms with Crippen LogP contribution in [0.2, 0.25) is 0 Å². The Bertz CT molecular complexity index is 1330. The first-order chi connectivity index (χ1) is 22.5. The molecule has 268 valence electrons. The van der Waals surface area contributed by atoms with Crippen molar-refractivity contribution >= 4 is 49.1 Å². The molecule has 0 saturated carbocycles. The molecular weight excluding hydrogens is 664 g/mol. The zero-order valence-corrected chi connectivity index (χ0v) is 26.9. The van der Waals surface area contributed by atoms with Gasteiger partial charge in [-0.1, -0.05) is 6.42 Å². The Morgan fingerprint density at radius 3 is 2.08 bits per heavy atom. The van der Waals surface area contributed by atoms with Crippen LogP contribution in [0.1, 0.15) is 81.0 Å². The van der Waals surface area contributed by atoms with Crippen LogP contribution in [0.15, 0.2) is 18.3 Å². The molecule has 1 rings (SSSR count). The van der Waals surface area contributed by atoms with Gasteiger partial charge in [-0.15, -0.1) is 0 Å². The second kappa shape index (κ2) is 21.6. The van der Waals surface area contributed by atoms with Crippen LogP contribution in [-0.4, -0.2) is 97.1 Å². The van der Waals surface area contributed by atoms with Crippen molar-refractivity contribution in [3.8, 4) is 0 Å². The van der Waals surface area contributed by atoms with Crippen LogP contribution in [0.3, 0.4) is 0 Å². The molecule has 7 N–H and O–H groups in total. The van der Waals surface area contributed by atoms with E-state index in [0.717, 1.165) is 12.3 Å². The molecule has 17 nitrogen and oxygen atoms in total. The standard InChI is InChI=1S/C29H41FN3O14P/c30-23-10-7-19(16-32-23)26(38)31-13-3-1-2-5-21(34)15-18(27(39)40)8-11-24(35)33-22(29(43)44)6-4-14-47-48(45,46)17-20(28(41)42)9-12-25(36)37/h7,10,16,18,20,22H,1-6,8-9,11-15,17H2,(H,31,38)(H,33,35)(H,36,37)(H,39,40)(H,41,42)(H,43,44)(H,45,46)/t18-,20-,22+/m1/s1. The molecule has 1 aromatic heterocycles. The second-order valence-electron chi connectivity index (χ2n) is 11.0. The number of amides is 2. The third kappa shape index (κ3) is 18.2. The molecule has 0 fully saturated rings. The Hall–Kier alpha value is -4.28. The first-order valence-corrected chi connectivity index (χ1v) is 16.8. The second-order valence-corrected chi connectivity index (χ2v) is 12.9. The summed E-state index contributed by atoms with van der Waals surface area (Å²) >= 11 is 0. The third-order valence-corrected chi connectivity index (χ3v) is 8.51. The number of nitrogens with one attached hydrogen (secondary N) is 2. The maximum atomic E-state index is 12.8. The molecule has 0 radical (unpaired) electrons. The Balaban J connectivity index is 2.40. The average Bonchev–Trinajstić information content (AvgIpc) is 3.00. The number of hydrogen-bond acceptors (Lipinski definition) is 10. The minimum atomic E-state index is -4.46. The van der Waals surface area contributed by atoms with Crippen LogP contribution < -0.4 is 10.6 Å². The van der Waals surface area contributed by atoms with Gasteiger partial charge in [-0.3, -0.25) is 33.3 Å². The van der Waals surface area contributed by atoms with Crippen molar-refractivity contribution < 1.29 is 72.4 Å². The monoisotopic (exact) mass is 705 g/mol. The van der Waals surface area contributed by atoms with Crippen molar-refractivity contribution in [2.45, 2.75) is 76.7 Å². The van der Waals surface area contributed by atoms with E-state index in [1.165, 1.54) is 6.07 Å². The molecule has 0 spiro atoms. The number of hydrogen-bond donors (Lipinski definition) is 7. The molecule has 0 aromatic carbocycles. The van der Waals surface area contributed by atoms with Gasteiger partial charge in [0, 0.05) is 38.4 Å². The smallest absolute Gasteiger partial charge is 0.328 e. The highest BCUT2D eigenvalue weighted by molar-refractivity contribution is 7.52. The van der Waals surface area contributed by atoms with Crippen molar-refractivity contribution in [1.29, 1.82) is 0 Å². The molecule has 1 heterocycles. The van der Waals surface area contributed by atoms with Gasteiger partial charge in [-0.25, -0.2) is 9.78 Å². The van der Waals surface area contributed by atoms with E-state index in [0.29, 0.717) is 25.8 Å². The van der Waals surface area contributed by atoms with Gasteiger partial charge in [0.25, 0.3) is 5.91 Å². The fourth-order valence-electron chi connectivity index (χ4n) is 4.37. The Morgan fingerprint density at radius 2 is 1.50 bits per heavy atom. The van der Waals surface area contributed by atoms with Crippen LogP contribution in [0.25, 0.3) is 0 Å². The van der Waals surface area contributed by atoms with Crippen molar-refractivity contribution in [1.82, 2.24) is 15.6 Å². The van der Waals surface area contributed by atoms with E-state index in [4.69, 9.17) is 14.7 Å². The zero-order chi connectivity index (χ0) is 36.3. The van der Waals surface area contributed by atoms with E-state index < -0.39 is 99.1 Å². The highest BCUT2D eigenvalue weighted by atomic mass is 31.2. The summed E-state index contributed by atoms with van der Waals surface area (Å²) in [6, 6.07) is 0.896.